The lowest BCUT2D eigenvalue weighted by molar-refractivity contribution is 0.102. The fourth-order valence-electron chi connectivity index (χ4n) is 2.02. The topological polar surface area (TPSA) is 49.3 Å². The SMILES string of the molecule is Cc1cc(C(=O)Nc2cc(C)c(Br)c(C)c2)ccc1O. The Balaban J connectivity index is 2.25. The Morgan fingerprint density at radius 2 is 1.65 bits per heavy atom. The van der Waals surface area contributed by atoms with Crippen LogP contribution in [0.4, 0.5) is 5.69 Å². The molecule has 20 heavy (non-hydrogen) atoms. The van der Waals surface area contributed by atoms with Crippen molar-refractivity contribution < 1.29 is 9.90 Å². The number of phenols is 1. The fraction of sp³-hybridized carbons (Fsp3) is 0.188. The highest BCUT2D eigenvalue weighted by molar-refractivity contribution is 9.10. The predicted octanol–water partition coefficient (Wildman–Crippen LogP) is 4.33. The van der Waals surface area contributed by atoms with E-state index in [-0.39, 0.29) is 11.7 Å². The van der Waals surface area contributed by atoms with E-state index in [0.29, 0.717) is 11.1 Å². The van der Waals surface area contributed by atoms with Crippen LogP contribution in [0.15, 0.2) is 34.8 Å². The van der Waals surface area contributed by atoms with Crippen molar-refractivity contribution in [2.75, 3.05) is 5.32 Å². The molecule has 104 valence electrons. The van der Waals surface area contributed by atoms with Crippen LogP contribution in [0.5, 0.6) is 5.75 Å². The number of anilines is 1. The molecule has 0 aliphatic heterocycles. The van der Waals surface area contributed by atoms with Crippen LogP contribution in [0.3, 0.4) is 0 Å². The second-order valence-electron chi connectivity index (χ2n) is 4.88. The van der Waals surface area contributed by atoms with Gasteiger partial charge < -0.3 is 10.4 Å². The van der Waals surface area contributed by atoms with Crippen molar-refractivity contribution in [1.29, 1.82) is 0 Å². The zero-order chi connectivity index (χ0) is 14.9. The van der Waals surface area contributed by atoms with Crippen LogP contribution in [0, 0.1) is 20.8 Å². The first-order valence-electron chi connectivity index (χ1n) is 6.26. The number of aryl methyl sites for hydroxylation is 3. The van der Waals surface area contributed by atoms with Gasteiger partial charge >= 0.3 is 0 Å². The van der Waals surface area contributed by atoms with Gasteiger partial charge in [0.25, 0.3) is 5.91 Å². The van der Waals surface area contributed by atoms with E-state index in [4.69, 9.17) is 0 Å². The summed E-state index contributed by atoms with van der Waals surface area (Å²) in [4.78, 5) is 12.2. The number of hydrogen-bond donors (Lipinski definition) is 2. The summed E-state index contributed by atoms with van der Waals surface area (Å²) in [6.07, 6.45) is 0. The Kier molecular flexibility index (Phi) is 4.14. The van der Waals surface area contributed by atoms with Gasteiger partial charge in [-0.15, -0.1) is 0 Å². The monoisotopic (exact) mass is 333 g/mol. The second kappa shape index (κ2) is 5.67. The first-order chi connectivity index (χ1) is 9.38. The lowest BCUT2D eigenvalue weighted by Gasteiger charge is -2.10. The molecule has 0 atom stereocenters. The van der Waals surface area contributed by atoms with Crippen LogP contribution in [0.25, 0.3) is 0 Å². The van der Waals surface area contributed by atoms with Gasteiger partial charge in [-0.1, -0.05) is 15.9 Å². The van der Waals surface area contributed by atoms with Crippen molar-refractivity contribution in [2.45, 2.75) is 20.8 Å². The number of halogens is 1. The summed E-state index contributed by atoms with van der Waals surface area (Å²) >= 11 is 3.50. The van der Waals surface area contributed by atoms with Gasteiger partial charge in [0.15, 0.2) is 0 Å². The van der Waals surface area contributed by atoms with Gasteiger partial charge in [-0.3, -0.25) is 4.79 Å². The Morgan fingerprint density at radius 1 is 1.05 bits per heavy atom. The van der Waals surface area contributed by atoms with Gasteiger partial charge in [-0.05, 0) is 67.8 Å². The van der Waals surface area contributed by atoms with E-state index in [2.05, 4.69) is 21.2 Å². The van der Waals surface area contributed by atoms with E-state index in [1.54, 1.807) is 19.1 Å². The smallest absolute Gasteiger partial charge is 0.255 e. The first-order valence-corrected chi connectivity index (χ1v) is 7.05. The summed E-state index contributed by atoms with van der Waals surface area (Å²) in [6.45, 7) is 5.73. The van der Waals surface area contributed by atoms with Crippen molar-refractivity contribution >= 4 is 27.5 Å². The van der Waals surface area contributed by atoms with Crippen LogP contribution in [-0.4, -0.2) is 11.0 Å². The number of aromatic hydroxyl groups is 1. The molecular weight excluding hydrogens is 318 g/mol. The molecule has 2 rings (SSSR count). The molecule has 0 aliphatic carbocycles. The quantitative estimate of drug-likeness (QED) is 0.859. The first kappa shape index (κ1) is 14.6. The lowest BCUT2D eigenvalue weighted by atomic mass is 10.1. The zero-order valence-corrected chi connectivity index (χ0v) is 13.2. The second-order valence-corrected chi connectivity index (χ2v) is 5.67. The Hall–Kier alpha value is -1.81. The number of phenolic OH excluding ortho intramolecular Hbond substituents is 1. The number of hydrogen-bond acceptors (Lipinski definition) is 2. The third kappa shape index (κ3) is 3.02. The van der Waals surface area contributed by atoms with E-state index < -0.39 is 0 Å². The maximum Gasteiger partial charge on any atom is 0.255 e. The molecule has 0 aliphatic rings. The summed E-state index contributed by atoms with van der Waals surface area (Å²) in [5, 5.41) is 12.4. The van der Waals surface area contributed by atoms with Gasteiger partial charge in [0.05, 0.1) is 0 Å². The number of carbonyl (C=O) groups is 1. The molecular formula is C16H16BrNO2. The van der Waals surface area contributed by atoms with Gasteiger partial charge in [0.2, 0.25) is 0 Å². The minimum Gasteiger partial charge on any atom is -0.508 e. The number of nitrogens with one attached hydrogen (secondary N) is 1. The van der Waals surface area contributed by atoms with Crippen LogP contribution < -0.4 is 5.32 Å². The molecule has 0 saturated heterocycles. The van der Waals surface area contributed by atoms with Crippen molar-refractivity contribution in [3.63, 3.8) is 0 Å². The molecule has 0 unspecified atom stereocenters. The molecule has 2 aromatic carbocycles. The van der Waals surface area contributed by atoms with Gasteiger partial charge in [-0.25, -0.2) is 0 Å². The molecule has 1 amide bonds. The lowest BCUT2D eigenvalue weighted by Crippen LogP contribution is -2.12. The molecule has 0 saturated carbocycles. The van der Waals surface area contributed by atoms with Crippen LogP contribution in [0.1, 0.15) is 27.0 Å². The summed E-state index contributed by atoms with van der Waals surface area (Å²) in [5.41, 5.74) is 4.11. The van der Waals surface area contributed by atoms with E-state index in [0.717, 1.165) is 21.3 Å². The van der Waals surface area contributed by atoms with Crippen molar-refractivity contribution in [3.05, 3.63) is 57.1 Å². The minimum absolute atomic E-state index is 0.186. The summed E-state index contributed by atoms with van der Waals surface area (Å²) < 4.78 is 1.05. The average Bonchev–Trinajstić information content (AvgIpc) is 2.39. The molecule has 0 spiro atoms. The molecule has 4 heteroatoms. The maximum atomic E-state index is 12.2. The van der Waals surface area contributed by atoms with Crippen LogP contribution in [-0.2, 0) is 0 Å². The number of carbonyl (C=O) groups excluding carboxylic acids is 1. The van der Waals surface area contributed by atoms with E-state index >= 15 is 0 Å². The fourth-order valence-corrected chi connectivity index (χ4v) is 2.25. The predicted molar refractivity (Wildman–Crippen MR) is 84.4 cm³/mol. The number of benzene rings is 2. The van der Waals surface area contributed by atoms with Gasteiger partial charge in [0, 0.05) is 15.7 Å². The Labute approximate surface area is 126 Å². The molecule has 0 heterocycles. The minimum atomic E-state index is -0.186. The molecule has 0 radical (unpaired) electrons. The molecule has 2 N–H and O–H groups in total. The van der Waals surface area contributed by atoms with Crippen LogP contribution >= 0.6 is 15.9 Å². The van der Waals surface area contributed by atoms with Crippen molar-refractivity contribution in [2.24, 2.45) is 0 Å². The van der Waals surface area contributed by atoms with Crippen LogP contribution in [0.2, 0.25) is 0 Å². The number of rotatable bonds is 2. The molecule has 3 nitrogen and oxygen atoms in total. The largest absolute Gasteiger partial charge is 0.508 e. The highest BCUT2D eigenvalue weighted by atomic mass is 79.9. The van der Waals surface area contributed by atoms with Gasteiger partial charge in [-0.2, -0.15) is 0 Å². The summed E-state index contributed by atoms with van der Waals surface area (Å²) in [7, 11) is 0. The zero-order valence-electron chi connectivity index (χ0n) is 11.6. The van der Waals surface area contributed by atoms with E-state index in [1.807, 2.05) is 26.0 Å². The van der Waals surface area contributed by atoms with E-state index in [1.165, 1.54) is 6.07 Å². The Morgan fingerprint density at radius 3 is 2.20 bits per heavy atom. The van der Waals surface area contributed by atoms with Gasteiger partial charge in [0.1, 0.15) is 5.75 Å². The summed E-state index contributed by atoms with van der Waals surface area (Å²) in [6, 6.07) is 8.65. The molecule has 0 fully saturated rings. The molecule has 0 bridgehead atoms. The standard InChI is InChI=1S/C16H16BrNO2/c1-9-6-12(4-5-14(9)19)16(20)18-13-7-10(2)15(17)11(3)8-13/h4-8,19H,1-3H3,(H,18,20). The molecule has 2 aromatic rings. The Bertz CT molecular complexity index is 657. The number of amides is 1. The normalized spacial score (nSPS) is 10.4. The highest BCUT2D eigenvalue weighted by Gasteiger charge is 2.09. The average molecular weight is 334 g/mol. The third-order valence-corrected chi connectivity index (χ3v) is 4.40. The highest BCUT2D eigenvalue weighted by Crippen LogP contribution is 2.25. The van der Waals surface area contributed by atoms with Crippen molar-refractivity contribution in [3.8, 4) is 5.75 Å². The van der Waals surface area contributed by atoms with Crippen molar-refractivity contribution in [1.82, 2.24) is 0 Å². The molecule has 0 aromatic heterocycles. The maximum absolute atomic E-state index is 12.2. The third-order valence-electron chi connectivity index (χ3n) is 3.15. The van der Waals surface area contributed by atoms with E-state index in [9.17, 15) is 9.90 Å². The summed E-state index contributed by atoms with van der Waals surface area (Å²) in [5.74, 6) is 0.00565.